The Kier molecular flexibility index (Phi) is 5.11. The summed E-state index contributed by atoms with van der Waals surface area (Å²) in [6, 6.07) is 8.03. The van der Waals surface area contributed by atoms with E-state index in [9.17, 15) is 0 Å². The van der Waals surface area contributed by atoms with Crippen molar-refractivity contribution in [2.45, 2.75) is 19.4 Å². The highest BCUT2D eigenvalue weighted by atomic mass is 79.9. The van der Waals surface area contributed by atoms with Crippen LogP contribution in [0.4, 0.5) is 0 Å². The fraction of sp³-hybridized carbons (Fsp3) is 0.267. The molecule has 0 fully saturated rings. The number of aryl methyl sites for hydroxylation is 1. The van der Waals surface area contributed by atoms with Gasteiger partial charge in [0.25, 0.3) is 0 Å². The minimum atomic E-state index is -0.00870. The van der Waals surface area contributed by atoms with Crippen LogP contribution in [0.15, 0.2) is 41.1 Å². The molecule has 0 aliphatic carbocycles. The Hall–Kier alpha value is -1.43. The lowest BCUT2D eigenvalue weighted by atomic mass is 9.99. The summed E-state index contributed by atoms with van der Waals surface area (Å²) in [6.07, 6.45) is 4.39. The molecule has 1 heterocycles. The van der Waals surface area contributed by atoms with Gasteiger partial charge in [-0.05, 0) is 48.2 Å². The average molecular weight is 336 g/mol. The van der Waals surface area contributed by atoms with Crippen LogP contribution in [0.5, 0.6) is 5.75 Å². The van der Waals surface area contributed by atoms with Gasteiger partial charge in [-0.15, -0.1) is 0 Å². The van der Waals surface area contributed by atoms with Crippen LogP contribution in [0.3, 0.4) is 0 Å². The Morgan fingerprint density at radius 2 is 2.15 bits per heavy atom. The summed E-state index contributed by atoms with van der Waals surface area (Å²) in [5.41, 5.74) is 6.12. The van der Waals surface area contributed by atoms with E-state index in [0.29, 0.717) is 0 Å². The molecule has 0 aliphatic rings. The predicted octanol–water partition coefficient (Wildman–Crippen LogP) is 2.91. The van der Waals surface area contributed by atoms with Crippen molar-refractivity contribution in [3.8, 4) is 5.75 Å². The van der Waals surface area contributed by atoms with Gasteiger partial charge in [-0.25, -0.2) is 0 Å². The third-order valence-electron chi connectivity index (χ3n) is 3.17. The van der Waals surface area contributed by atoms with Crippen molar-refractivity contribution in [3.05, 3.63) is 57.8 Å². The number of nitrogens with one attached hydrogen (secondary N) is 1. The summed E-state index contributed by atoms with van der Waals surface area (Å²) in [6.45, 7) is 2.02. The van der Waals surface area contributed by atoms with Crippen LogP contribution in [0.1, 0.15) is 22.7 Å². The largest absolute Gasteiger partial charge is 0.496 e. The Morgan fingerprint density at radius 3 is 2.80 bits per heavy atom. The Bertz CT molecular complexity index is 589. The molecule has 0 saturated heterocycles. The summed E-state index contributed by atoms with van der Waals surface area (Å²) in [4.78, 5) is 4.22. The van der Waals surface area contributed by atoms with Gasteiger partial charge in [0.15, 0.2) is 0 Å². The lowest BCUT2D eigenvalue weighted by Gasteiger charge is -2.18. The number of hydrogen-bond acceptors (Lipinski definition) is 4. The summed E-state index contributed by atoms with van der Waals surface area (Å²) in [5, 5.41) is 0. The van der Waals surface area contributed by atoms with Gasteiger partial charge >= 0.3 is 0 Å². The van der Waals surface area contributed by atoms with Crippen LogP contribution in [0, 0.1) is 6.92 Å². The van der Waals surface area contributed by atoms with Crippen molar-refractivity contribution < 1.29 is 4.74 Å². The summed E-state index contributed by atoms with van der Waals surface area (Å²) in [5.74, 6) is 6.56. The second-order valence-corrected chi connectivity index (χ2v) is 5.59. The molecule has 20 heavy (non-hydrogen) atoms. The lowest BCUT2D eigenvalue weighted by molar-refractivity contribution is 0.405. The van der Waals surface area contributed by atoms with E-state index in [0.717, 1.165) is 33.3 Å². The highest BCUT2D eigenvalue weighted by molar-refractivity contribution is 9.10. The lowest BCUT2D eigenvalue weighted by Crippen LogP contribution is -2.29. The number of aromatic nitrogens is 1. The zero-order valence-corrected chi connectivity index (χ0v) is 13.1. The number of halogens is 1. The van der Waals surface area contributed by atoms with Crippen molar-refractivity contribution in [2.75, 3.05) is 7.11 Å². The summed E-state index contributed by atoms with van der Waals surface area (Å²) < 4.78 is 6.42. The third kappa shape index (κ3) is 3.56. The van der Waals surface area contributed by atoms with Crippen LogP contribution in [-0.2, 0) is 6.42 Å². The second kappa shape index (κ2) is 6.83. The molecule has 0 amide bonds. The van der Waals surface area contributed by atoms with Crippen LogP contribution < -0.4 is 16.0 Å². The fourth-order valence-corrected chi connectivity index (χ4v) is 2.58. The molecule has 1 unspecified atom stereocenters. The van der Waals surface area contributed by atoms with E-state index in [2.05, 4.69) is 32.4 Å². The number of methoxy groups -OCH3 is 1. The minimum absolute atomic E-state index is 0.00870. The van der Waals surface area contributed by atoms with Crippen LogP contribution in [-0.4, -0.2) is 12.1 Å². The van der Waals surface area contributed by atoms with Crippen molar-refractivity contribution in [3.63, 3.8) is 0 Å². The molecular formula is C15H18BrN3O. The van der Waals surface area contributed by atoms with Crippen LogP contribution in [0.25, 0.3) is 0 Å². The molecule has 1 atom stereocenters. The molecule has 3 N–H and O–H groups in total. The van der Waals surface area contributed by atoms with E-state index in [4.69, 9.17) is 10.6 Å². The molecule has 4 nitrogen and oxygen atoms in total. The fourth-order valence-electron chi connectivity index (χ4n) is 2.17. The number of nitrogens with zero attached hydrogens (tertiary/aromatic N) is 1. The molecule has 0 spiro atoms. The second-order valence-electron chi connectivity index (χ2n) is 4.68. The maximum absolute atomic E-state index is 5.70. The Balaban J connectivity index is 2.28. The number of hydrogen-bond donors (Lipinski definition) is 2. The molecule has 0 radical (unpaired) electrons. The maximum atomic E-state index is 5.70. The van der Waals surface area contributed by atoms with E-state index in [1.807, 2.05) is 37.5 Å². The quantitative estimate of drug-likeness (QED) is 0.651. The summed E-state index contributed by atoms with van der Waals surface area (Å²) in [7, 11) is 1.67. The number of pyridine rings is 1. The number of ether oxygens (including phenoxy) is 1. The molecule has 5 heteroatoms. The van der Waals surface area contributed by atoms with Crippen LogP contribution >= 0.6 is 15.9 Å². The zero-order chi connectivity index (χ0) is 14.5. The normalized spacial score (nSPS) is 12.2. The van der Waals surface area contributed by atoms with Crippen LogP contribution in [0.2, 0.25) is 0 Å². The number of nitrogens with two attached hydrogens (primary N) is 1. The maximum Gasteiger partial charge on any atom is 0.122 e. The molecule has 1 aromatic heterocycles. The molecular weight excluding hydrogens is 318 g/mol. The van der Waals surface area contributed by atoms with E-state index < -0.39 is 0 Å². The minimum Gasteiger partial charge on any atom is -0.496 e. The van der Waals surface area contributed by atoms with Crippen molar-refractivity contribution in [1.29, 1.82) is 0 Å². The standard InChI is InChI=1S/C15H18BrN3O/c1-10-5-12(9-18-8-10)14(19-17)7-11-6-13(16)3-4-15(11)20-2/h3-6,8-9,14,19H,7,17H2,1-2H3. The average Bonchev–Trinajstić information content (AvgIpc) is 2.45. The van der Waals surface area contributed by atoms with Gasteiger partial charge in [0.2, 0.25) is 0 Å². The van der Waals surface area contributed by atoms with Crippen molar-refractivity contribution in [1.82, 2.24) is 10.4 Å². The molecule has 0 aliphatic heterocycles. The predicted molar refractivity (Wildman–Crippen MR) is 83.4 cm³/mol. The molecule has 2 rings (SSSR count). The Morgan fingerprint density at radius 1 is 1.35 bits per heavy atom. The SMILES string of the molecule is COc1ccc(Br)cc1CC(NN)c1cncc(C)c1. The highest BCUT2D eigenvalue weighted by Crippen LogP contribution is 2.27. The smallest absolute Gasteiger partial charge is 0.122 e. The Labute approximate surface area is 127 Å². The first-order valence-corrected chi connectivity index (χ1v) is 7.13. The first-order valence-electron chi connectivity index (χ1n) is 6.34. The number of hydrazine groups is 1. The topological polar surface area (TPSA) is 60.2 Å². The zero-order valence-electron chi connectivity index (χ0n) is 11.6. The van der Waals surface area contributed by atoms with E-state index in [1.54, 1.807) is 7.11 Å². The summed E-state index contributed by atoms with van der Waals surface area (Å²) >= 11 is 3.49. The van der Waals surface area contributed by atoms with Gasteiger partial charge in [0, 0.05) is 16.9 Å². The van der Waals surface area contributed by atoms with Gasteiger partial charge in [-0.1, -0.05) is 22.0 Å². The van der Waals surface area contributed by atoms with E-state index in [1.165, 1.54) is 0 Å². The third-order valence-corrected chi connectivity index (χ3v) is 3.66. The van der Waals surface area contributed by atoms with Gasteiger partial charge in [0.1, 0.15) is 5.75 Å². The molecule has 2 aromatic rings. The molecule has 0 saturated carbocycles. The molecule has 106 valence electrons. The molecule has 0 bridgehead atoms. The van der Waals surface area contributed by atoms with Gasteiger partial charge in [0.05, 0.1) is 13.2 Å². The van der Waals surface area contributed by atoms with Gasteiger partial charge in [-0.3, -0.25) is 16.3 Å². The first-order chi connectivity index (χ1) is 9.63. The highest BCUT2D eigenvalue weighted by Gasteiger charge is 2.14. The van der Waals surface area contributed by atoms with Crippen molar-refractivity contribution >= 4 is 15.9 Å². The van der Waals surface area contributed by atoms with E-state index in [-0.39, 0.29) is 6.04 Å². The number of benzene rings is 1. The van der Waals surface area contributed by atoms with Crippen molar-refractivity contribution in [2.24, 2.45) is 5.84 Å². The monoisotopic (exact) mass is 335 g/mol. The van der Waals surface area contributed by atoms with Gasteiger partial charge < -0.3 is 4.74 Å². The van der Waals surface area contributed by atoms with Gasteiger partial charge in [-0.2, -0.15) is 0 Å². The molecule has 1 aromatic carbocycles. The first kappa shape index (κ1) is 15.0. The van der Waals surface area contributed by atoms with E-state index >= 15 is 0 Å². The number of rotatable bonds is 5.